The number of aryl methyl sites for hydroxylation is 1. The number of carbonyl (C=O) groups excluding carboxylic acids is 1. The molecular formula is C15H19NO4. The van der Waals surface area contributed by atoms with Gasteiger partial charge in [0, 0.05) is 25.8 Å². The Hall–Kier alpha value is -1.88. The minimum Gasteiger partial charge on any atom is -0.481 e. The number of anilines is 1. The highest BCUT2D eigenvalue weighted by molar-refractivity contribution is 5.96. The Morgan fingerprint density at radius 3 is 2.90 bits per heavy atom. The number of hydrogen-bond donors (Lipinski definition) is 1. The topological polar surface area (TPSA) is 66.8 Å². The summed E-state index contributed by atoms with van der Waals surface area (Å²) in [4.78, 5) is 24.1. The highest BCUT2D eigenvalue weighted by Crippen LogP contribution is 2.29. The maximum Gasteiger partial charge on any atom is 0.303 e. The normalized spacial score (nSPS) is 13.3. The van der Waals surface area contributed by atoms with Crippen LogP contribution in [0, 0.1) is 0 Å². The van der Waals surface area contributed by atoms with Crippen molar-refractivity contribution in [3.05, 3.63) is 29.3 Å². The number of carboxylic acids is 1. The second kappa shape index (κ2) is 6.52. The SMILES string of the molecule is COCC(=O)N1CCc2cc(CCCC(=O)O)ccc21. The molecule has 0 bridgehead atoms. The molecule has 0 radical (unpaired) electrons. The van der Waals surface area contributed by atoms with Crippen LogP contribution in [0.2, 0.25) is 0 Å². The highest BCUT2D eigenvalue weighted by Gasteiger charge is 2.24. The van der Waals surface area contributed by atoms with E-state index in [1.54, 1.807) is 4.90 Å². The summed E-state index contributed by atoms with van der Waals surface area (Å²) in [5, 5.41) is 8.64. The average Bonchev–Trinajstić information content (AvgIpc) is 2.81. The maximum atomic E-state index is 11.9. The van der Waals surface area contributed by atoms with E-state index >= 15 is 0 Å². The van der Waals surface area contributed by atoms with Gasteiger partial charge in [0.25, 0.3) is 5.91 Å². The first-order valence-electron chi connectivity index (χ1n) is 6.74. The van der Waals surface area contributed by atoms with Gasteiger partial charge in [0.2, 0.25) is 0 Å². The number of methoxy groups -OCH3 is 1. The van der Waals surface area contributed by atoms with Gasteiger partial charge in [0.1, 0.15) is 6.61 Å². The van der Waals surface area contributed by atoms with Gasteiger partial charge in [-0.25, -0.2) is 0 Å². The van der Waals surface area contributed by atoms with Gasteiger partial charge in [0.15, 0.2) is 0 Å². The summed E-state index contributed by atoms with van der Waals surface area (Å²) in [5.74, 6) is -0.785. The van der Waals surface area contributed by atoms with Crippen LogP contribution < -0.4 is 4.90 Å². The molecule has 1 aliphatic heterocycles. The first-order chi connectivity index (χ1) is 9.61. The zero-order valence-corrected chi connectivity index (χ0v) is 11.6. The number of benzene rings is 1. The van der Waals surface area contributed by atoms with Gasteiger partial charge in [-0.3, -0.25) is 9.59 Å². The van der Waals surface area contributed by atoms with Crippen molar-refractivity contribution >= 4 is 17.6 Å². The van der Waals surface area contributed by atoms with E-state index in [2.05, 4.69) is 6.07 Å². The Labute approximate surface area is 118 Å². The van der Waals surface area contributed by atoms with Crippen molar-refractivity contribution in [3.63, 3.8) is 0 Å². The van der Waals surface area contributed by atoms with Crippen molar-refractivity contribution < 1.29 is 19.4 Å². The van der Waals surface area contributed by atoms with E-state index in [-0.39, 0.29) is 18.9 Å². The third-order valence-electron chi connectivity index (χ3n) is 3.46. The fourth-order valence-corrected chi connectivity index (χ4v) is 2.51. The molecular weight excluding hydrogens is 258 g/mol. The van der Waals surface area contributed by atoms with Crippen molar-refractivity contribution in [2.75, 3.05) is 25.2 Å². The van der Waals surface area contributed by atoms with Gasteiger partial charge >= 0.3 is 5.97 Å². The van der Waals surface area contributed by atoms with Crippen LogP contribution in [-0.2, 0) is 27.2 Å². The quantitative estimate of drug-likeness (QED) is 0.858. The van der Waals surface area contributed by atoms with Crippen LogP contribution in [0.3, 0.4) is 0 Å². The van der Waals surface area contributed by atoms with Gasteiger partial charge in [-0.2, -0.15) is 0 Å². The van der Waals surface area contributed by atoms with Crippen LogP contribution in [0.5, 0.6) is 0 Å². The molecule has 0 spiro atoms. The fraction of sp³-hybridized carbons (Fsp3) is 0.467. The number of aliphatic carboxylic acids is 1. The molecule has 1 N–H and O–H groups in total. The van der Waals surface area contributed by atoms with Crippen molar-refractivity contribution in [3.8, 4) is 0 Å². The second-order valence-corrected chi connectivity index (χ2v) is 4.94. The molecule has 5 nitrogen and oxygen atoms in total. The van der Waals surface area contributed by atoms with Crippen molar-refractivity contribution in [2.45, 2.75) is 25.7 Å². The lowest BCUT2D eigenvalue weighted by molar-refractivity contribution is -0.137. The maximum absolute atomic E-state index is 11.9. The molecule has 5 heteroatoms. The molecule has 1 amide bonds. The molecule has 0 aromatic heterocycles. The number of hydrogen-bond acceptors (Lipinski definition) is 3. The van der Waals surface area contributed by atoms with Gasteiger partial charge < -0.3 is 14.7 Å². The number of nitrogens with zero attached hydrogens (tertiary/aromatic N) is 1. The molecule has 0 unspecified atom stereocenters. The number of rotatable bonds is 6. The molecule has 1 aromatic rings. The van der Waals surface area contributed by atoms with E-state index in [1.165, 1.54) is 7.11 Å². The average molecular weight is 277 g/mol. The zero-order valence-electron chi connectivity index (χ0n) is 11.6. The molecule has 1 aromatic carbocycles. The van der Waals surface area contributed by atoms with Crippen molar-refractivity contribution in [1.82, 2.24) is 0 Å². The zero-order chi connectivity index (χ0) is 14.5. The summed E-state index contributed by atoms with van der Waals surface area (Å²) >= 11 is 0. The van der Waals surface area contributed by atoms with Gasteiger partial charge in [0.05, 0.1) is 0 Å². The number of amides is 1. The van der Waals surface area contributed by atoms with Crippen molar-refractivity contribution in [2.24, 2.45) is 0 Å². The molecule has 0 fully saturated rings. The minimum atomic E-state index is -0.762. The molecule has 20 heavy (non-hydrogen) atoms. The van der Waals surface area contributed by atoms with E-state index in [9.17, 15) is 9.59 Å². The molecule has 0 saturated heterocycles. The third-order valence-corrected chi connectivity index (χ3v) is 3.46. The van der Waals surface area contributed by atoms with Crippen LogP contribution in [0.1, 0.15) is 24.0 Å². The van der Waals surface area contributed by atoms with E-state index < -0.39 is 5.97 Å². The summed E-state index contributed by atoms with van der Waals surface area (Å²) in [6.45, 7) is 0.788. The minimum absolute atomic E-state index is 0.0233. The lowest BCUT2D eigenvalue weighted by Crippen LogP contribution is -2.31. The molecule has 1 aliphatic rings. The number of carboxylic acid groups (broad SMARTS) is 1. The number of ether oxygens (including phenoxy) is 1. The Morgan fingerprint density at radius 1 is 1.40 bits per heavy atom. The van der Waals surface area contributed by atoms with Crippen LogP contribution >= 0.6 is 0 Å². The summed E-state index contributed by atoms with van der Waals surface area (Å²) in [6, 6.07) is 6.00. The Morgan fingerprint density at radius 2 is 2.20 bits per heavy atom. The molecule has 108 valence electrons. The van der Waals surface area contributed by atoms with Gasteiger partial charge in [-0.1, -0.05) is 12.1 Å². The monoisotopic (exact) mass is 277 g/mol. The second-order valence-electron chi connectivity index (χ2n) is 4.94. The lowest BCUT2D eigenvalue weighted by atomic mass is 10.0. The summed E-state index contributed by atoms with van der Waals surface area (Å²) in [7, 11) is 1.51. The predicted octanol–water partition coefficient (Wildman–Crippen LogP) is 1.63. The first-order valence-corrected chi connectivity index (χ1v) is 6.74. The Kier molecular flexibility index (Phi) is 4.74. The molecule has 0 atom stereocenters. The molecule has 2 rings (SSSR count). The van der Waals surface area contributed by atoms with E-state index in [0.717, 1.165) is 29.7 Å². The smallest absolute Gasteiger partial charge is 0.303 e. The summed E-state index contributed by atoms with van der Waals surface area (Å²) < 4.78 is 4.88. The molecule has 1 heterocycles. The van der Waals surface area contributed by atoms with Gasteiger partial charge in [-0.15, -0.1) is 0 Å². The van der Waals surface area contributed by atoms with E-state index in [1.807, 2.05) is 12.1 Å². The van der Waals surface area contributed by atoms with E-state index in [4.69, 9.17) is 9.84 Å². The summed E-state index contributed by atoms with van der Waals surface area (Å²) in [6.07, 6.45) is 2.43. The highest BCUT2D eigenvalue weighted by atomic mass is 16.5. The van der Waals surface area contributed by atoms with E-state index in [0.29, 0.717) is 13.0 Å². The van der Waals surface area contributed by atoms with Crippen molar-refractivity contribution in [1.29, 1.82) is 0 Å². The molecule has 0 saturated carbocycles. The third kappa shape index (κ3) is 3.36. The Balaban J connectivity index is 2.02. The first kappa shape index (κ1) is 14.5. The largest absolute Gasteiger partial charge is 0.481 e. The van der Waals surface area contributed by atoms with Crippen LogP contribution in [0.25, 0.3) is 0 Å². The number of carbonyl (C=O) groups is 2. The Bertz CT molecular complexity index is 513. The molecule has 0 aliphatic carbocycles. The number of fused-ring (bicyclic) bond motifs is 1. The predicted molar refractivity (Wildman–Crippen MR) is 74.9 cm³/mol. The fourth-order valence-electron chi connectivity index (χ4n) is 2.51. The van der Waals surface area contributed by atoms with Crippen LogP contribution in [0.4, 0.5) is 5.69 Å². The van der Waals surface area contributed by atoms with Crippen LogP contribution in [0.15, 0.2) is 18.2 Å². The lowest BCUT2D eigenvalue weighted by Gasteiger charge is -2.17. The van der Waals surface area contributed by atoms with Crippen LogP contribution in [-0.4, -0.2) is 37.2 Å². The summed E-state index contributed by atoms with van der Waals surface area (Å²) in [5.41, 5.74) is 3.24. The standard InChI is InChI=1S/C15H19NO4/c1-20-10-14(17)16-8-7-12-9-11(5-6-13(12)16)3-2-4-15(18)19/h5-6,9H,2-4,7-8,10H2,1H3,(H,18,19). The van der Waals surface area contributed by atoms with Gasteiger partial charge in [-0.05, 0) is 36.5 Å².